The number of anilines is 1. The molecule has 0 atom stereocenters. The quantitative estimate of drug-likeness (QED) is 0.291. The molecule has 7 nitrogen and oxygen atoms in total. The highest BCUT2D eigenvalue weighted by Gasteiger charge is 2.34. The number of hydrogen-bond donors (Lipinski definition) is 2. The lowest BCUT2D eigenvalue weighted by molar-refractivity contribution is -0.384. The second kappa shape index (κ2) is 8.74. The summed E-state index contributed by atoms with van der Waals surface area (Å²) in [6, 6.07) is 11.4. The molecule has 1 amide bonds. The summed E-state index contributed by atoms with van der Waals surface area (Å²) >= 11 is 10.5. The fourth-order valence-corrected chi connectivity index (χ4v) is 3.00. The Labute approximate surface area is 183 Å². The number of furan rings is 1. The molecule has 0 saturated carbocycles. The van der Waals surface area contributed by atoms with E-state index in [9.17, 15) is 28.1 Å². The van der Waals surface area contributed by atoms with Crippen LogP contribution >= 0.6 is 23.8 Å². The van der Waals surface area contributed by atoms with Crippen LogP contribution in [0.4, 0.5) is 24.5 Å². The number of halogens is 4. The smallest absolute Gasteiger partial charge is 0.418 e. The first-order valence-corrected chi connectivity index (χ1v) is 9.17. The number of para-hydroxylation sites is 1. The van der Waals surface area contributed by atoms with E-state index in [1.54, 1.807) is 6.07 Å². The van der Waals surface area contributed by atoms with Gasteiger partial charge < -0.3 is 9.73 Å². The van der Waals surface area contributed by atoms with E-state index in [-0.39, 0.29) is 27.8 Å². The Morgan fingerprint density at radius 2 is 1.84 bits per heavy atom. The van der Waals surface area contributed by atoms with Gasteiger partial charge in [0.25, 0.3) is 11.6 Å². The summed E-state index contributed by atoms with van der Waals surface area (Å²) in [7, 11) is 0. The molecule has 0 saturated heterocycles. The van der Waals surface area contributed by atoms with Crippen LogP contribution in [-0.4, -0.2) is 15.9 Å². The first-order valence-electron chi connectivity index (χ1n) is 8.39. The molecule has 0 unspecified atom stereocenters. The molecule has 3 aromatic rings. The van der Waals surface area contributed by atoms with E-state index in [1.807, 2.05) is 0 Å². The number of nitro benzene ring substituents is 1. The molecule has 1 aromatic heterocycles. The SMILES string of the molecule is O=C(NC(=S)Nc1ccc(Cl)cc1C(F)(F)F)c1ccc(-c2ccccc2[N+](=O)[O-])o1. The molecule has 0 radical (unpaired) electrons. The number of nitro groups is 1. The zero-order valence-corrected chi connectivity index (χ0v) is 16.8. The zero-order valence-electron chi connectivity index (χ0n) is 15.2. The number of hydrogen-bond acceptors (Lipinski definition) is 5. The van der Waals surface area contributed by atoms with E-state index in [4.69, 9.17) is 28.2 Å². The minimum atomic E-state index is -4.70. The van der Waals surface area contributed by atoms with Gasteiger partial charge in [-0.15, -0.1) is 0 Å². The van der Waals surface area contributed by atoms with Gasteiger partial charge in [-0.2, -0.15) is 13.2 Å². The Morgan fingerprint density at radius 1 is 1.13 bits per heavy atom. The first-order chi connectivity index (χ1) is 14.6. The lowest BCUT2D eigenvalue weighted by Crippen LogP contribution is -2.34. The summed E-state index contributed by atoms with van der Waals surface area (Å²) in [5, 5.41) is 15.1. The Bertz CT molecular complexity index is 1180. The van der Waals surface area contributed by atoms with Crippen LogP contribution in [0.3, 0.4) is 0 Å². The van der Waals surface area contributed by atoms with Crippen LogP contribution in [0.15, 0.2) is 59.0 Å². The van der Waals surface area contributed by atoms with E-state index in [0.717, 1.165) is 12.1 Å². The van der Waals surface area contributed by atoms with Gasteiger partial charge in [0.15, 0.2) is 10.9 Å². The van der Waals surface area contributed by atoms with E-state index in [2.05, 4.69) is 10.6 Å². The van der Waals surface area contributed by atoms with Gasteiger partial charge in [0.1, 0.15) is 5.76 Å². The van der Waals surface area contributed by atoms with Crippen LogP contribution in [0.5, 0.6) is 0 Å². The summed E-state index contributed by atoms with van der Waals surface area (Å²) in [6.07, 6.45) is -4.70. The van der Waals surface area contributed by atoms with Crippen molar-refractivity contribution in [2.24, 2.45) is 0 Å². The lowest BCUT2D eigenvalue weighted by Gasteiger charge is -2.15. The molecule has 1 heterocycles. The summed E-state index contributed by atoms with van der Waals surface area (Å²) in [5.41, 5.74) is -1.53. The third-order valence-corrected chi connectivity index (χ3v) is 4.40. The monoisotopic (exact) mass is 469 g/mol. The van der Waals surface area contributed by atoms with Crippen molar-refractivity contribution in [1.82, 2.24) is 5.32 Å². The van der Waals surface area contributed by atoms with Crippen LogP contribution in [0.1, 0.15) is 16.1 Å². The Balaban J connectivity index is 1.76. The number of thiocarbonyl (C=S) groups is 1. The molecule has 0 aliphatic carbocycles. The van der Waals surface area contributed by atoms with Gasteiger partial charge in [0, 0.05) is 11.1 Å². The Morgan fingerprint density at radius 3 is 2.52 bits per heavy atom. The largest absolute Gasteiger partial charge is 0.451 e. The number of benzene rings is 2. The topological polar surface area (TPSA) is 97.4 Å². The molecule has 0 spiro atoms. The predicted octanol–water partition coefficient (Wildman–Crippen LogP) is 5.65. The minimum absolute atomic E-state index is 0.0633. The normalized spacial score (nSPS) is 11.1. The van der Waals surface area contributed by atoms with Crippen LogP contribution in [0.2, 0.25) is 5.02 Å². The molecule has 0 bridgehead atoms. The average Bonchev–Trinajstić information content (AvgIpc) is 3.18. The maximum absolute atomic E-state index is 13.2. The molecular weight excluding hydrogens is 459 g/mol. The third-order valence-electron chi connectivity index (χ3n) is 3.96. The van der Waals surface area contributed by atoms with E-state index >= 15 is 0 Å². The van der Waals surface area contributed by atoms with Gasteiger partial charge in [0.2, 0.25) is 0 Å². The predicted molar refractivity (Wildman–Crippen MR) is 111 cm³/mol. The van der Waals surface area contributed by atoms with Crippen molar-refractivity contribution in [2.75, 3.05) is 5.32 Å². The maximum Gasteiger partial charge on any atom is 0.418 e. The number of amides is 1. The van der Waals surface area contributed by atoms with E-state index in [0.29, 0.717) is 0 Å². The number of nitrogens with one attached hydrogen (secondary N) is 2. The molecule has 31 heavy (non-hydrogen) atoms. The second-order valence-corrected chi connectivity index (χ2v) is 6.88. The van der Waals surface area contributed by atoms with Crippen molar-refractivity contribution in [3.8, 4) is 11.3 Å². The fourth-order valence-electron chi connectivity index (χ4n) is 2.62. The first kappa shape index (κ1) is 22.2. The van der Waals surface area contributed by atoms with Gasteiger partial charge >= 0.3 is 6.18 Å². The zero-order chi connectivity index (χ0) is 22.8. The van der Waals surface area contributed by atoms with Gasteiger partial charge in [0.05, 0.1) is 21.7 Å². The van der Waals surface area contributed by atoms with Crippen molar-refractivity contribution in [3.63, 3.8) is 0 Å². The van der Waals surface area contributed by atoms with Crippen molar-refractivity contribution >= 4 is 46.2 Å². The maximum atomic E-state index is 13.2. The van der Waals surface area contributed by atoms with Crippen molar-refractivity contribution in [3.05, 3.63) is 81.1 Å². The molecule has 2 N–H and O–H groups in total. The Kier molecular flexibility index (Phi) is 6.27. The van der Waals surface area contributed by atoms with Crippen molar-refractivity contribution in [2.45, 2.75) is 6.18 Å². The molecule has 0 fully saturated rings. The summed E-state index contributed by atoms with van der Waals surface area (Å²) < 4.78 is 44.9. The van der Waals surface area contributed by atoms with Gasteiger partial charge in [-0.3, -0.25) is 20.2 Å². The van der Waals surface area contributed by atoms with Gasteiger partial charge in [-0.05, 0) is 48.6 Å². The summed E-state index contributed by atoms with van der Waals surface area (Å²) in [4.78, 5) is 22.9. The molecule has 0 aliphatic heterocycles. The summed E-state index contributed by atoms with van der Waals surface area (Å²) in [5.74, 6) is -1.04. The number of carbonyl (C=O) groups is 1. The number of nitrogens with zero attached hydrogens (tertiary/aromatic N) is 1. The molecule has 160 valence electrons. The van der Waals surface area contributed by atoms with Crippen LogP contribution < -0.4 is 10.6 Å². The lowest BCUT2D eigenvalue weighted by atomic mass is 10.1. The highest BCUT2D eigenvalue weighted by molar-refractivity contribution is 7.80. The highest BCUT2D eigenvalue weighted by Crippen LogP contribution is 2.36. The van der Waals surface area contributed by atoms with Crippen LogP contribution in [-0.2, 0) is 6.18 Å². The van der Waals surface area contributed by atoms with Gasteiger partial charge in [-0.25, -0.2) is 0 Å². The molecule has 12 heteroatoms. The minimum Gasteiger partial charge on any atom is -0.451 e. The summed E-state index contributed by atoms with van der Waals surface area (Å²) in [6.45, 7) is 0. The molecule has 0 aliphatic rings. The van der Waals surface area contributed by atoms with E-state index in [1.165, 1.54) is 36.4 Å². The Hall–Kier alpha value is -3.44. The molecular formula is C19H11ClF3N3O4S. The standard InChI is InChI=1S/C19H11ClF3N3O4S/c20-10-5-6-13(12(9-10)19(21,22)23)24-18(31)25-17(27)16-8-7-15(30-16)11-3-1-2-4-14(11)26(28)29/h1-9H,(H2,24,25,27,31). The number of alkyl halides is 3. The number of carbonyl (C=O) groups excluding carboxylic acids is 1. The highest BCUT2D eigenvalue weighted by atomic mass is 35.5. The second-order valence-electron chi connectivity index (χ2n) is 6.03. The number of rotatable bonds is 4. The van der Waals surface area contributed by atoms with Crippen LogP contribution in [0.25, 0.3) is 11.3 Å². The van der Waals surface area contributed by atoms with Crippen LogP contribution in [0, 0.1) is 10.1 Å². The molecule has 3 rings (SSSR count). The molecule has 2 aromatic carbocycles. The van der Waals surface area contributed by atoms with E-state index < -0.39 is 33.4 Å². The van der Waals surface area contributed by atoms with Crippen molar-refractivity contribution < 1.29 is 27.3 Å². The third kappa shape index (κ3) is 5.19. The fraction of sp³-hybridized carbons (Fsp3) is 0.0526. The van der Waals surface area contributed by atoms with Crippen molar-refractivity contribution in [1.29, 1.82) is 0 Å². The van der Waals surface area contributed by atoms with Gasteiger partial charge in [-0.1, -0.05) is 23.7 Å². The average molecular weight is 470 g/mol.